The van der Waals surface area contributed by atoms with Crippen molar-refractivity contribution in [1.82, 2.24) is 4.90 Å². The lowest BCUT2D eigenvalue weighted by Crippen LogP contribution is -2.49. The molecule has 1 heterocycles. The van der Waals surface area contributed by atoms with Gasteiger partial charge in [0.25, 0.3) is 0 Å². The fourth-order valence-electron chi connectivity index (χ4n) is 1.82. The summed E-state index contributed by atoms with van der Waals surface area (Å²) in [4.78, 5) is 35.1. The number of nitrogens with zero attached hydrogens (tertiary/aromatic N) is 1. The molecule has 0 aromatic carbocycles. The molecule has 3 N–H and O–H groups in total. The smallest absolute Gasteiger partial charge is 0.308 e. The van der Waals surface area contributed by atoms with Crippen molar-refractivity contribution in [3.05, 3.63) is 0 Å². The minimum atomic E-state index is -0.903. The van der Waals surface area contributed by atoms with Gasteiger partial charge in [-0.1, -0.05) is 0 Å². The maximum Gasteiger partial charge on any atom is 0.308 e. The zero-order valence-electron chi connectivity index (χ0n) is 10.1. The number of carbonyl (C=O) groups is 3. The summed E-state index contributed by atoms with van der Waals surface area (Å²) in [5, 5.41) is 8.92. The van der Waals surface area contributed by atoms with Gasteiger partial charge in [0, 0.05) is 19.5 Å². The average Bonchev–Trinajstić information content (AvgIpc) is 2.20. The molecular weight excluding hydrogens is 224 g/mol. The van der Waals surface area contributed by atoms with E-state index in [0.717, 1.165) is 0 Å². The van der Waals surface area contributed by atoms with Crippen LogP contribution in [0.5, 0.6) is 0 Å². The molecule has 2 amide bonds. The molecule has 0 bridgehead atoms. The largest absolute Gasteiger partial charge is 0.481 e. The van der Waals surface area contributed by atoms with E-state index in [9.17, 15) is 14.4 Å². The maximum absolute atomic E-state index is 11.6. The number of nitrogens with two attached hydrogens (primary N) is 1. The first kappa shape index (κ1) is 13.5. The standard InChI is InChI=1S/C11H18N2O4/c1-11(2,10(12)17)6-13-5-7(9(15)16)3-4-8(13)14/h7H,3-6H2,1-2H3,(H2,12,17)(H,15,16). The Bertz CT molecular complexity index is 351. The Morgan fingerprint density at radius 1 is 1.53 bits per heavy atom. The fourth-order valence-corrected chi connectivity index (χ4v) is 1.82. The first-order valence-electron chi connectivity index (χ1n) is 5.54. The number of amides is 2. The van der Waals surface area contributed by atoms with Crippen molar-refractivity contribution in [2.45, 2.75) is 26.7 Å². The minimum absolute atomic E-state index is 0.114. The number of primary amides is 1. The molecule has 96 valence electrons. The molecular formula is C11H18N2O4. The Labute approximate surface area is 99.8 Å². The van der Waals surface area contributed by atoms with Crippen molar-refractivity contribution < 1.29 is 19.5 Å². The van der Waals surface area contributed by atoms with Crippen LogP contribution in [-0.2, 0) is 14.4 Å². The molecule has 1 saturated heterocycles. The summed E-state index contributed by atoms with van der Waals surface area (Å²) in [6, 6.07) is 0. The lowest BCUT2D eigenvalue weighted by molar-refractivity contribution is -0.148. The highest BCUT2D eigenvalue weighted by Gasteiger charge is 2.35. The molecule has 1 aliphatic heterocycles. The maximum atomic E-state index is 11.6. The molecule has 0 radical (unpaired) electrons. The predicted octanol–water partition coefficient (Wildman–Crippen LogP) is -0.179. The van der Waals surface area contributed by atoms with E-state index in [1.807, 2.05) is 0 Å². The van der Waals surface area contributed by atoms with Gasteiger partial charge in [0.05, 0.1) is 11.3 Å². The Hall–Kier alpha value is -1.59. The van der Waals surface area contributed by atoms with Gasteiger partial charge in [-0.05, 0) is 20.3 Å². The molecule has 1 aliphatic rings. The lowest BCUT2D eigenvalue weighted by Gasteiger charge is -2.35. The Kier molecular flexibility index (Phi) is 3.75. The van der Waals surface area contributed by atoms with Gasteiger partial charge in [-0.15, -0.1) is 0 Å². The van der Waals surface area contributed by atoms with Gasteiger partial charge in [0.15, 0.2) is 0 Å². The molecule has 0 aliphatic carbocycles. The molecule has 1 unspecified atom stereocenters. The zero-order valence-corrected chi connectivity index (χ0v) is 10.1. The number of rotatable bonds is 4. The number of carboxylic acids is 1. The number of aliphatic carboxylic acids is 1. The molecule has 6 heteroatoms. The molecule has 0 spiro atoms. The van der Waals surface area contributed by atoms with E-state index in [4.69, 9.17) is 10.8 Å². The van der Waals surface area contributed by atoms with E-state index in [1.54, 1.807) is 13.8 Å². The first-order valence-corrected chi connectivity index (χ1v) is 5.54. The Morgan fingerprint density at radius 3 is 2.59 bits per heavy atom. The highest BCUT2D eigenvalue weighted by molar-refractivity contribution is 5.83. The second-order valence-corrected chi connectivity index (χ2v) is 5.10. The molecule has 6 nitrogen and oxygen atoms in total. The van der Waals surface area contributed by atoms with Crippen LogP contribution >= 0.6 is 0 Å². The van der Waals surface area contributed by atoms with Gasteiger partial charge >= 0.3 is 5.97 Å². The van der Waals surface area contributed by atoms with Crippen molar-refractivity contribution in [1.29, 1.82) is 0 Å². The first-order chi connectivity index (χ1) is 7.74. The van der Waals surface area contributed by atoms with Crippen molar-refractivity contribution in [3.8, 4) is 0 Å². The SMILES string of the molecule is CC(C)(CN1CC(C(=O)O)CCC1=O)C(N)=O. The summed E-state index contributed by atoms with van der Waals surface area (Å²) in [5.74, 6) is -2.06. The van der Waals surface area contributed by atoms with Gasteiger partial charge in [-0.25, -0.2) is 0 Å². The summed E-state index contributed by atoms with van der Waals surface area (Å²) < 4.78 is 0. The number of likely N-dealkylation sites (tertiary alicyclic amines) is 1. The highest BCUT2D eigenvalue weighted by Crippen LogP contribution is 2.23. The fraction of sp³-hybridized carbons (Fsp3) is 0.727. The summed E-state index contributed by atoms with van der Waals surface area (Å²) in [7, 11) is 0. The normalized spacial score (nSPS) is 21.4. The van der Waals surface area contributed by atoms with Crippen LogP contribution in [-0.4, -0.2) is 40.9 Å². The second kappa shape index (κ2) is 4.73. The summed E-state index contributed by atoms with van der Waals surface area (Å²) in [6.45, 7) is 3.62. The van der Waals surface area contributed by atoms with Crippen molar-refractivity contribution in [2.75, 3.05) is 13.1 Å². The Morgan fingerprint density at radius 2 is 2.12 bits per heavy atom. The van der Waals surface area contributed by atoms with E-state index < -0.39 is 23.2 Å². The topological polar surface area (TPSA) is 101 Å². The van der Waals surface area contributed by atoms with E-state index in [0.29, 0.717) is 6.42 Å². The summed E-state index contributed by atoms with van der Waals surface area (Å²) in [6.07, 6.45) is 0.577. The minimum Gasteiger partial charge on any atom is -0.481 e. The van der Waals surface area contributed by atoms with Crippen LogP contribution in [0.25, 0.3) is 0 Å². The average molecular weight is 242 g/mol. The number of carbonyl (C=O) groups excluding carboxylic acids is 2. The van der Waals surface area contributed by atoms with Gasteiger partial charge in [-0.3, -0.25) is 14.4 Å². The third kappa shape index (κ3) is 3.18. The van der Waals surface area contributed by atoms with Crippen molar-refractivity contribution in [2.24, 2.45) is 17.1 Å². The molecule has 0 saturated carbocycles. The van der Waals surface area contributed by atoms with Crippen LogP contribution in [0, 0.1) is 11.3 Å². The van der Waals surface area contributed by atoms with Gasteiger partial charge in [0.2, 0.25) is 11.8 Å². The highest BCUT2D eigenvalue weighted by atomic mass is 16.4. The van der Waals surface area contributed by atoms with Crippen LogP contribution in [0.4, 0.5) is 0 Å². The van der Waals surface area contributed by atoms with Crippen LogP contribution in [0.1, 0.15) is 26.7 Å². The van der Waals surface area contributed by atoms with Crippen LogP contribution in [0.15, 0.2) is 0 Å². The monoisotopic (exact) mass is 242 g/mol. The quantitative estimate of drug-likeness (QED) is 0.714. The van der Waals surface area contributed by atoms with Crippen LogP contribution in [0.2, 0.25) is 0 Å². The number of hydrogen-bond donors (Lipinski definition) is 2. The summed E-state index contributed by atoms with van der Waals surface area (Å²) >= 11 is 0. The zero-order chi connectivity index (χ0) is 13.2. The number of carboxylic acid groups (broad SMARTS) is 1. The molecule has 1 rings (SSSR count). The third-order valence-electron chi connectivity index (χ3n) is 3.10. The Balaban J connectivity index is 2.71. The lowest BCUT2D eigenvalue weighted by atomic mass is 9.89. The van der Waals surface area contributed by atoms with Gasteiger partial charge in [0.1, 0.15) is 0 Å². The van der Waals surface area contributed by atoms with E-state index in [1.165, 1.54) is 4.90 Å². The summed E-state index contributed by atoms with van der Waals surface area (Å²) in [5.41, 5.74) is 4.40. The van der Waals surface area contributed by atoms with E-state index in [-0.39, 0.29) is 25.4 Å². The van der Waals surface area contributed by atoms with Crippen molar-refractivity contribution >= 4 is 17.8 Å². The third-order valence-corrected chi connectivity index (χ3v) is 3.10. The second-order valence-electron chi connectivity index (χ2n) is 5.10. The van der Waals surface area contributed by atoms with E-state index in [2.05, 4.69) is 0 Å². The number of piperidine rings is 1. The van der Waals surface area contributed by atoms with Gasteiger partial charge < -0.3 is 15.7 Å². The molecule has 0 aromatic heterocycles. The molecule has 17 heavy (non-hydrogen) atoms. The molecule has 1 atom stereocenters. The van der Waals surface area contributed by atoms with E-state index >= 15 is 0 Å². The molecule has 1 fully saturated rings. The predicted molar refractivity (Wildman–Crippen MR) is 59.9 cm³/mol. The van der Waals surface area contributed by atoms with Crippen LogP contribution < -0.4 is 5.73 Å². The van der Waals surface area contributed by atoms with Gasteiger partial charge in [-0.2, -0.15) is 0 Å². The van der Waals surface area contributed by atoms with Crippen molar-refractivity contribution in [3.63, 3.8) is 0 Å². The van der Waals surface area contributed by atoms with Crippen LogP contribution in [0.3, 0.4) is 0 Å². The molecule has 0 aromatic rings. The number of hydrogen-bond acceptors (Lipinski definition) is 3.